The van der Waals surface area contributed by atoms with E-state index in [1.807, 2.05) is 0 Å². The zero-order valence-corrected chi connectivity index (χ0v) is 12.0. The Morgan fingerprint density at radius 3 is 2.89 bits per heavy atom. The fourth-order valence-corrected chi connectivity index (χ4v) is 1.93. The molecule has 0 aliphatic rings. The zero-order valence-electron chi connectivity index (χ0n) is 9.64. The highest BCUT2D eigenvalue weighted by Crippen LogP contribution is 2.28. The summed E-state index contributed by atoms with van der Waals surface area (Å²) in [5.41, 5.74) is 0.511. The maximum absolute atomic E-state index is 10.8. The number of rotatable bonds is 4. The van der Waals surface area contributed by atoms with Crippen molar-refractivity contribution in [2.24, 2.45) is 0 Å². The number of hydrogen-bond acceptors (Lipinski definition) is 3. The lowest BCUT2D eigenvalue weighted by atomic mass is 10.3. The Balaban J connectivity index is 2.12. The fourth-order valence-electron chi connectivity index (χ4n) is 1.42. The maximum atomic E-state index is 10.8. The summed E-state index contributed by atoms with van der Waals surface area (Å²) in [7, 11) is 0. The van der Waals surface area contributed by atoms with Crippen LogP contribution in [0.25, 0.3) is 0 Å². The van der Waals surface area contributed by atoms with E-state index in [1.165, 1.54) is 6.07 Å². The molecule has 0 fully saturated rings. The van der Waals surface area contributed by atoms with E-state index in [4.69, 9.17) is 21.4 Å². The fraction of sp³-hybridized carbons (Fsp3) is 0.0769. The molecule has 0 amide bonds. The minimum atomic E-state index is -1.07. The SMILES string of the molecule is O=C(O)c1cccc(COc2cc(Br)ccc2Cl)n1. The third-order valence-corrected chi connectivity index (χ3v) is 3.10. The lowest BCUT2D eigenvalue weighted by molar-refractivity contribution is 0.0690. The number of carboxylic acid groups (broad SMARTS) is 1. The average molecular weight is 343 g/mol. The summed E-state index contributed by atoms with van der Waals surface area (Å²) < 4.78 is 6.37. The summed E-state index contributed by atoms with van der Waals surface area (Å²) in [4.78, 5) is 14.8. The highest BCUT2D eigenvalue weighted by molar-refractivity contribution is 9.10. The van der Waals surface area contributed by atoms with Crippen LogP contribution in [0.1, 0.15) is 16.2 Å². The van der Waals surface area contributed by atoms with E-state index in [0.29, 0.717) is 16.5 Å². The largest absolute Gasteiger partial charge is 0.486 e. The van der Waals surface area contributed by atoms with E-state index < -0.39 is 5.97 Å². The number of nitrogens with zero attached hydrogens (tertiary/aromatic N) is 1. The Morgan fingerprint density at radius 2 is 2.16 bits per heavy atom. The summed E-state index contributed by atoms with van der Waals surface area (Å²) in [6, 6.07) is 10.00. The van der Waals surface area contributed by atoms with Crippen LogP contribution in [0.3, 0.4) is 0 Å². The van der Waals surface area contributed by atoms with Crippen LogP contribution >= 0.6 is 27.5 Å². The van der Waals surface area contributed by atoms with Gasteiger partial charge in [-0.1, -0.05) is 33.6 Å². The quantitative estimate of drug-likeness (QED) is 0.918. The van der Waals surface area contributed by atoms with Crippen LogP contribution in [0.4, 0.5) is 0 Å². The molecule has 0 aliphatic heterocycles. The molecule has 0 spiro atoms. The number of aromatic carboxylic acids is 1. The van der Waals surface area contributed by atoms with Gasteiger partial charge in [-0.25, -0.2) is 9.78 Å². The van der Waals surface area contributed by atoms with Gasteiger partial charge in [-0.15, -0.1) is 0 Å². The molecule has 2 aromatic rings. The number of carbonyl (C=O) groups is 1. The van der Waals surface area contributed by atoms with Crippen molar-refractivity contribution in [1.82, 2.24) is 4.98 Å². The molecule has 0 aliphatic carbocycles. The predicted octanol–water partition coefficient (Wildman–Crippen LogP) is 3.77. The van der Waals surface area contributed by atoms with Gasteiger partial charge in [0.15, 0.2) is 0 Å². The minimum absolute atomic E-state index is 0.0126. The van der Waals surface area contributed by atoms with Gasteiger partial charge in [0, 0.05) is 4.47 Å². The standard InChI is InChI=1S/C13H9BrClNO3/c14-8-4-5-10(15)12(6-8)19-7-9-2-1-3-11(16-9)13(17)18/h1-6H,7H2,(H,17,18). The summed E-state index contributed by atoms with van der Waals surface area (Å²) in [6.07, 6.45) is 0. The molecular formula is C13H9BrClNO3. The molecule has 1 aromatic heterocycles. The van der Waals surface area contributed by atoms with Crippen LogP contribution < -0.4 is 4.74 Å². The van der Waals surface area contributed by atoms with Gasteiger partial charge in [0.05, 0.1) is 10.7 Å². The Morgan fingerprint density at radius 1 is 1.37 bits per heavy atom. The Hall–Kier alpha value is -1.59. The summed E-state index contributed by atoms with van der Waals surface area (Å²) in [5, 5.41) is 9.33. The molecule has 1 N–H and O–H groups in total. The van der Waals surface area contributed by atoms with Gasteiger partial charge in [0.25, 0.3) is 0 Å². The second kappa shape index (κ2) is 6.04. The highest BCUT2D eigenvalue weighted by atomic mass is 79.9. The van der Waals surface area contributed by atoms with Crippen LogP contribution in [0.2, 0.25) is 5.02 Å². The smallest absolute Gasteiger partial charge is 0.354 e. The molecule has 0 saturated heterocycles. The summed E-state index contributed by atoms with van der Waals surface area (Å²) in [6.45, 7) is 0.150. The van der Waals surface area contributed by atoms with Crippen molar-refractivity contribution in [1.29, 1.82) is 0 Å². The van der Waals surface area contributed by atoms with Gasteiger partial charge < -0.3 is 9.84 Å². The zero-order chi connectivity index (χ0) is 13.8. The van der Waals surface area contributed by atoms with Crippen molar-refractivity contribution in [2.75, 3.05) is 0 Å². The maximum Gasteiger partial charge on any atom is 0.354 e. The Kier molecular flexibility index (Phi) is 4.39. The van der Waals surface area contributed by atoms with Gasteiger partial charge in [-0.3, -0.25) is 0 Å². The topological polar surface area (TPSA) is 59.4 Å². The molecule has 0 radical (unpaired) electrons. The summed E-state index contributed by atoms with van der Waals surface area (Å²) in [5.74, 6) is -0.555. The predicted molar refractivity (Wildman–Crippen MR) is 74.7 cm³/mol. The van der Waals surface area contributed by atoms with Crippen LogP contribution in [-0.4, -0.2) is 16.1 Å². The second-order valence-corrected chi connectivity index (χ2v) is 5.01. The molecule has 0 unspecified atom stereocenters. The van der Waals surface area contributed by atoms with E-state index in [2.05, 4.69) is 20.9 Å². The Labute approximate surface area is 123 Å². The van der Waals surface area contributed by atoms with E-state index >= 15 is 0 Å². The van der Waals surface area contributed by atoms with Crippen LogP contribution in [0.15, 0.2) is 40.9 Å². The summed E-state index contributed by atoms with van der Waals surface area (Å²) >= 11 is 9.31. The molecule has 1 aromatic carbocycles. The molecular weight excluding hydrogens is 334 g/mol. The van der Waals surface area contributed by atoms with Crippen molar-refractivity contribution in [2.45, 2.75) is 6.61 Å². The third kappa shape index (κ3) is 3.68. The Bertz CT molecular complexity index is 619. The second-order valence-electron chi connectivity index (χ2n) is 3.68. The first-order valence-electron chi connectivity index (χ1n) is 5.33. The van der Waals surface area contributed by atoms with Crippen LogP contribution in [0.5, 0.6) is 5.75 Å². The number of ether oxygens (including phenoxy) is 1. The minimum Gasteiger partial charge on any atom is -0.486 e. The van der Waals surface area contributed by atoms with Gasteiger partial charge in [0.1, 0.15) is 18.1 Å². The van der Waals surface area contributed by atoms with Crippen LogP contribution in [-0.2, 0) is 6.61 Å². The van der Waals surface area contributed by atoms with E-state index in [9.17, 15) is 4.79 Å². The van der Waals surface area contributed by atoms with Gasteiger partial charge in [0.2, 0.25) is 0 Å². The number of benzene rings is 1. The van der Waals surface area contributed by atoms with Crippen molar-refractivity contribution in [3.05, 3.63) is 57.3 Å². The first-order valence-corrected chi connectivity index (χ1v) is 6.50. The van der Waals surface area contributed by atoms with Crippen molar-refractivity contribution < 1.29 is 14.6 Å². The molecule has 6 heteroatoms. The number of aromatic nitrogens is 1. The van der Waals surface area contributed by atoms with Crippen molar-refractivity contribution in [3.8, 4) is 5.75 Å². The van der Waals surface area contributed by atoms with Crippen LogP contribution in [0, 0.1) is 0 Å². The molecule has 2 rings (SSSR count). The molecule has 98 valence electrons. The number of hydrogen-bond donors (Lipinski definition) is 1. The molecule has 1 heterocycles. The number of carboxylic acids is 1. The van der Waals surface area contributed by atoms with Crippen molar-refractivity contribution >= 4 is 33.5 Å². The monoisotopic (exact) mass is 341 g/mol. The van der Waals surface area contributed by atoms with E-state index in [-0.39, 0.29) is 12.3 Å². The van der Waals surface area contributed by atoms with Gasteiger partial charge >= 0.3 is 5.97 Å². The normalized spacial score (nSPS) is 10.2. The van der Waals surface area contributed by atoms with Gasteiger partial charge in [-0.05, 0) is 30.3 Å². The molecule has 19 heavy (non-hydrogen) atoms. The van der Waals surface area contributed by atoms with Crippen molar-refractivity contribution in [3.63, 3.8) is 0 Å². The number of pyridine rings is 1. The third-order valence-electron chi connectivity index (χ3n) is 2.29. The van der Waals surface area contributed by atoms with Gasteiger partial charge in [-0.2, -0.15) is 0 Å². The van der Waals surface area contributed by atoms with E-state index in [0.717, 1.165) is 4.47 Å². The lowest BCUT2D eigenvalue weighted by Crippen LogP contribution is -2.05. The molecule has 4 nitrogen and oxygen atoms in total. The average Bonchev–Trinajstić information content (AvgIpc) is 2.40. The molecule has 0 atom stereocenters. The molecule has 0 bridgehead atoms. The number of halogens is 2. The lowest BCUT2D eigenvalue weighted by Gasteiger charge is -2.08. The molecule has 0 saturated carbocycles. The highest BCUT2D eigenvalue weighted by Gasteiger charge is 2.07. The van der Waals surface area contributed by atoms with E-state index in [1.54, 1.807) is 30.3 Å². The first kappa shape index (κ1) is 13.8. The first-order chi connectivity index (χ1) is 9.06.